The number of nitrogens with one attached hydrogen (secondary N) is 2. The van der Waals surface area contributed by atoms with E-state index in [4.69, 9.17) is 0 Å². The molecule has 2 aliphatic rings. The van der Waals surface area contributed by atoms with Gasteiger partial charge in [0.1, 0.15) is 12.0 Å². The van der Waals surface area contributed by atoms with E-state index in [1.807, 2.05) is 0 Å². The van der Waals surface area contributed by atoms with Gasteiger partial charge in [0, 0.05) is 27.8 Å². The van der Waals surface area contributed by atoms with Crippen molar-refractivity contribution >= 4 is 33.1 Å². The van der Waals surface area contributed by atoms with E-state index in [0.717, 1.165) is 22.9 Å². The summed E-state index contributed by atoms with van der Waals surface area (Å²) in [5, 5.41) is 11.6. The fourth-order valence-electron chi connectivity index (χ4n) is 7.93. The maximum atomic E-state index is 3.99. The molecule has 0 spiro atoms. The highest BCUT2D eigenvalue weighted by Gasteiger charge is 2.34. The van der Waals surface area contributed by atoms with Crippen molar-refractivity contribution in [1.82, 2.24) is 15.2 Å². The second kappa shape index (κ2) is 11.7. The van der Waals surface area contributed by atoms with E-state index in [1.54, 1.807) is 0 Å². The lowest BCUT2D eigenvalue weighted by Gasteiger charge is -2.38. The van der Waals surface area contributed by atoms with Crippen molar-refractivity contribution in [1.29, 1.82) is 0 Å². The monoisotopic (exact) mass is 642 g/mol. The Balaban J connectivity index is 1.22. The first kappa shape index (κ1) is 28.6. The molecule has 2 atom stereocenters. The molecule has 7 aromatic carbocycles. The Morgan fingerprint density at radius 1 is 0.500 bits per heavy atom. The van der Waals surface area contributed by atoms with Gasteiger partial charge < -0.3 is 9.88 Å². The Morgan fingerprint density at radius 2 is 1.14 bits per heavy atom. The molecule has 10 rings (SSSR count). The molecule has 238 valence electrons. The molecular formula is C46H34N4. The topological polar surface area (TPSA) is 32.2 Å². The number of para-hydroxylation sites is 4. The number of nitrogens with zero attached hydrogens (tertiary/aromatic N) is 2. The highest BCUT2D eigenvalue weighted by Crippen LogP contribution is 2.53. The lowest BCUT2D eigenvalue weighted by atomic mass is 9.98. The largest absolute Gasteiger partial charge is 0.352 e. The van der Waals surface area contributed by atoms with E-state index in [9.17, 15) is 0 Å². The summed E-state index contributed by atoms with van der Waals surface area (Å²) in [5.41, 5.74) is 11.8. The average Bonchev–Trinajstić information content (AvgIpc) is 3.47. The lowest BCUT2D eigenvalue weighted by Crippen LogP contribution is -2.44. The predicted octanol–water partition coefficient (Wildman–Crippen LogP) is 11.0. The molecule has 50 heavy (non-hydrogen) atoms. The molecule has 0 bridgehead atoms. The van der Waals surface area contributed by atoms with E-state index in [0.29, 0.717) is 0 Å². The standard InChI is InChI=1S/C46H34N4/c1-3-16-32(17-4-1)39-30-43(48-46(47-39)34-28-27-31-15-7-8-18-33(31)29-34)50-41-25-13-10-22-37(41)44-36-21-9-12-24-40(36)49(35-19-5-2-6-20-35)45(44)38-23-11-14-26-42(38)50/h1-30,39,46-48H. The first-order chi connectivity index (χ1) is 24.8. The quantitative estimate of drug-likeness (QED) is 0.200. The predicted molar refractivity (Wildman–Crippen MR) is 207 cm³/mol. The van der Waals surface area contributed by atoms with Crippen LogP contribution in [0.3, 0.4) is 0 Å². The molecule has 0 radical (unpaired) electrons. The fourth-order valence-corrected chi connectivity index (χ4v) is 7.93. The molecule has 2 unspecified atom stereocenters. The third-order valence-electron chi connectivity index (χ3n) is 10.2. The number of aromatic nitrogens is 1. The van der Waals surface area contributed by atoms with Crippen LogP contribution in [0, 0.1) is 0 Å². The van der Waals surface area contributed by atoms with Gasteiger partial charge in [0.25, 0.3) is 0 Å². The zero-order chi connectivity index (χ0) is 33.0. The van der Waals surface area contributed by atoms with Crippen molar-refractivity contribution in [2.75, 3.05) is 4.90 Å². The lowest BCUT2D eigenvalue weighted by molar-refractivity contribution is 0.413. The third-order valence-corrected chi connectivity index (χ3v) is 10.2. The minimum Gasteiger partial charge on any atom is -0.352 e. The van der Waals surface area contributed by atoms with Crippen LogP contribution in [0.4, 0.5) is 11.4 Å². The molecule has 4 heteroatoms. The van der Waals surface area contributed by atoms with Gasteiger partial charge in [-0.15, -0.1) is 0 Å². The first-order valence-corrected chi connectivity index (χ1v) is 17.3. The van der Waals surface area contributed by atoms with Gasteiger partial charge in [-0.1, -0.05) is 140 Å². The van der Waals surface area contributed by atoms with Gasteiger partial charge in [0.15, 0.2) is 0 Å². The Hall–Kier alpha value is -6.36. The van der Waals surface area contributed by atoms with Crippen LogP contribution in [0.2, 0.25) is 0 Å². The second-order valence-electron chi connectivity index (χ2n) is 13.1. The molecular weight excluding hydrogens is 609 g/mol. The van der Waals surface area contributed by atoms with E-state index < -0.39 is 0 Å². The number of benzene rings is 7. The zero-order valence-corrected chi connectivity index (χ0v) is 27.4. The Morgan fingerprint density at radius 3 is 1.96 bits per heavy atom. The molecule has 2 aliphatic heterocycles. The zero-order valence-electron chi connectivity index (χ0n) is 27.4. The molecule has 0 saturated carbocycles. The molecule has 0 fully saturated rings. The van der Waals surface area contributed by atoms with E-state index >= 15 is 0 Å². The summed E-state index contributed by atoms with van der Waals surface area (Å²) in [7, 11) is 0. The van der Waals surface area contributed by atoms with Gasteiger partial charge >= 0.3 is 0 Å². The van der Waals surface area contributed by atoms with Crippen LogP contribution in [-0.4, -0.2) is 4.57 Å². The van der Waals surface area contributed by atoms with E-state index in [1.165, 1.54) is 55.2 Å². The van der Waals surface area contributed by atoms with E-state index in [-0.39, 0.29) is 12.2 Å². The van der Waals surface area contributed by atoms with Crippen molar-refractivity contribution in [3.8, 4) is 28.1 Å². The number of anilines is 2. The van der Waals surface area contributed by atoms with Gasteiger partial charge in [-0.25, -0.2) is 0 Å². The van der Waals surface area contributed by atoms with E-state index in [2.05, 4.69) is 202 Å². The van der Waals surface area contributed by atoms with Crippen molar-refractivity contribution in [3.05, 3.63) is 199 Å². The van der Waals surface area contributed by atoms with Crippen molar-refractivity contribution < 1.29 is 0 Å². The van der Waals surface area contributed by atoms with Crippen LogP contribution in [0.15, 0.2) is 188 Å². The summed E-state index contributed by atoms with van der Waals surface area (Å²) in [6.07, 6.45) is 2.22. The Labute approximate surface area is 291 Å². The third kappa shape index (κ3) is 4.57. The molecule has 1 aromatic heterocycles. The average molecular weight is 643 g/mol. The molecule has 4 nitrogen and oxygen atoms in total. The summed E-state index contributed by atoms with van der Waals surface area (Å²) in [4.78, 5) is 2.44. The Kier molecular flexibility index (Phi) is 6.68. The van der Waals surface area contributed by atoms with Crippen LogP contribution < -0.4 is 15.5 Å². The second-order valence-corrected chi connectivity index (χ2v) is 13.1. The van der Waals surface area contributed by atoms with Crippen molar-refractivity contribution in [2.45, 2.75) is 12.2 Å². The minimum atomic E-state index is -0.131. The summed E-state index contributed by atoms with van der Waals surface area (Å²) in [6.45, 7) is 0. The summed E-state index contributed by atoms with van der Waals surface area (Å²) < 4.78 is 2.44. The number of hydrogen-bond donors (Lipinski definition) is 2. The van der Waals surface area contributed by atoms with Crippen molar-refractivity contribution in [2.24, 2.45) is 0 Å². The summed E-state index contributed by atoms with van der Waals surface area (Å²) >= 11 is 0. The van der Waals surface area contributed by atoms with Gasteiger partial charge in [-0.05, 0) is 64.4 Å². The number of hydrogen-bond acceptors (Lipinski definition) is 3. The smallest absolute Gasteiger partial charge is 0.110 e. The molecule has 2 N–H and O–H groups in total. The molecule has 8 aromatic rings. The SMILES string of the molecule is C1=C(N2c3ccccc3-c3c(n(-c4ccccc4)c4ccccc34)-c3ccccc32)NC(c2ccc3ccccc3c2)NC1c1ccccc1. The first-order valence-electron chi connectivity index (χ1n) is 17.3. The van der Waals surface area contributed by atoms with Crippen LogP contribution >= 0.6 is 0 Å². The van der Waals surface area contributed by atoms with Gasteiger partial charge in [-0.3, -0.25) is 10.2 Å². The summed E-state index contributed by atoms with van der Waals surface area (Å²) in [6, 6.07) is 63.4. The van der Waals surface area contributed by atoms with Crippen LogP contribution in [0.25, 0.3) is 49.7 Å². The minimum absolute atomic E-state index is 0.0205. The Bertz CT molecular complexity index is 2570. The maximum Gasteiger partial charge on any atom is 0.110 e. The highest BCUT2D eigenvalue weighted by atomic mass is 15.3. The van der Waals surface area contributed by atoms with Gasteiger partial charge in [0.05, 0.1) is 28.6 Å². The number of fused-ring (bicyclic) bond motifs is 8. The highest BCUT2D eigenvalue weighted by molar-refractivity contribution is 6.12. The number of rotatable bonds is 4. The van der Waals surface area contributed by atoms with Gasteiger partial charge in [0.2, 0.25) is 0 Å². The van der Waals surface area contributed by atoms with Crippen LogP contribution in [0.5, 0.6) is 0 Å². The van der Waals surface area contributed by atoms with Crippen molar-refractivity contribution in [3.63, 3.8) is 0 Å². The molecule has 0 amide bonds. The van der Waals surface area contributed by atoms with Gasteiger partial charge in [-0.2, -0.15) is 0 Å². The summed E-state index contributed by atoms with van der Waals surface area (Å²) in [5.74, 6) is 1.04. The van der Waals surface area contributed by atoms with Crippen LogP contribution in [0.1, 0.15) is 23.3 Å². The van der Waals surface area contributed by atoms with Crippen LogP contribution in [-0.2, 0) is 0 Å². The molecule has 0 aliphatic carbocycles. The fraction of sp³-hybridized carbons (Fsp3) is 0.0435. The maximum absolute atomic E-state index is 3.99. The molecule has 0 saturated heterocycles. The molecule has 3 heterocycles. The normalized spacial score (nSPS) is 16.6.